The van der Waals surface area contributed by atoms with E-state index >= 15 is 0 Å². The van der Waals surface area contributed by atoms with Crippen LogP contribution in [-0.4, -0.2) is 37.1 Å². The van der Waals surface area contributed by atoms with Gasteiger partial charge in [-0.1, -0.05) is 39.0 Å². The Hall–Kier alpha value is -0.120. The van der Waals surface area contributed by atoms with Crippen LogP contribution in [0, 0.1) is 0 Å². The van der Waals surface area contributed by atoms with E-state index in [1.54, 1.807) is 0 Å². The second-order valence-corrected chi connectivity index (χ2v) is 6.06. The second kappa shape index (κ2) is 12.6. The van der Waals surface area contributed by atoms with Crippen LogP contribution in [-0.2, 0) is 9.47 Å². The predicted octanol–water partition coefficient (Wildman–Crippen LogP) is 4.07. The van der Waals surface area contributed by atoms with E-state index in [2.05, 4.69) is 6.92 Å². The van der Waals surface area contributed by atoms with Gasteiger partial charge in [0.25, 0.3) is 0 Å². The van der Waals surface area contributed by atoms with Crippen molar-refractivity contribution >= 4 is 0 Å². The van der Waals surface area contributed by atoms with Crippen molar-refractivity contribution in [3.8, 4) is 0 Å². The maximum absolute atomic E-state index is 9.74. The zero-order valence-corrected chi connectivity index (χ0v) is 13.3. The maximum Gasteiger partial charge on any atom is 0.0773 e. The first-order valence-corrected chi connectivity index (χ1v) is 8.70. The number of aliphatic hydroxyl groups excluding tert-OH is 1. The lowest BCUT2D eigenvalue weighted by molar-refractivity contribution is 0.0196. The minimum absolute atomic E-state index is 0.261. The Bertz CT molecular complexity index is 192. The monoisotopic (exact) mass is 286 g/mol. The quantitative estimate of drug-likeness (QED) is 0.792. The van der Waals surface area contributed by atoms with Gasteiger partial charge < -0.3 is 14.6 Å². The highest BCUT2D eigenvalue weighted by molar-refractivity contribution is 4.62. The maximum atomic E-state index is 9.74. The highest BCUT2D eigenvalue weighted by atomic mass is 16.5. The molecule has 1 rings (SSSR count). The SMILES string of the molecule is CCCCOC1CCCCCCC(O)COCCCC1. The Kier molecular flexibility index (Phi) is 11.3. The van der Waals surface area contributed by atoms with Crippen molar-refractivity contribution in [2.75, 3.05) is 19.8 Å². The van der Waals surface area contributed by atoms with Crippen LogP contribution in [0.1, 0.15) is 77.6 Å². The lowest BCUT2D eigenvalue weighted by Crippen LogP contribution is -2.17. The highest BCUT2D eigenvalue weighted by Crippen LogP contribution is 2.16. The van der Waals surface area contributed by atoms with Gasteiger partial charge >= 0.3 is 0 Å². The fourth-order valence-corrected chi connectivity index (χ4v) is 2.69. The summed E-state index contributed by atoms with van der Waals surface area (Å²) in [4.78, 5) is 0. The summed E-state index contributed by atoms with van der Waals surface area (Å²) in [7, 11) is 0. The summed E-state index contributed by atoms with van der Waals surface area (Å²) in [6.45, 7) is 4.42. The van der Waals surface area contributed by atoms with Crippen LogP contribution in [0.25, 0.3) is 0 Å². The van der Waals surface area contributed by atoms with Gasteiger partial charge in [0, 0.05) is 13.2 Å². The lowest BCUT2D eigenvalue weighted by Gasteiger charge is -2.19. The normalized spacial score (nSPS) is 27.9. The van der Waals surface area contributed by atoms with E-state index in [1.165, 1.54) is 44.9 Å². The predicted molar refractivity (Wildman–Crippen MR) is 83.0 cm³/mol. The fraction of sp³-hybridized carbons (Fsp3) is 1.00. The third-order valence-electron chi connectivity index (χ3n) is 4.04. The number of hydrogen-bond acceptors (Lipinski definition) is 3. The van der Waals surface area contributed by atoms with Gasteiger partial charge in [0.05, 0.1) is 18.8 Å². The van der Waals surface area contributed by atoms with Crippen molar-refractivity contribution in [1.82, 2.24) is 0 Å². The van der Waals surface area contributed by atoms with Gasteiger partial charge in [-0.05, 0) is 38.5 Å². The van der Waals surface area contributed by atoms with Crippen LogP contribution < -0.4 is 0 Å². The molecule has 3 nitrogen and oxygen atoms in total. The van der Waals surface area contributed by atoms with Gasteiger partial charge in [0.1, 0.15) is 0 Å². The summed E-state index contributed by atoms with van der Waals surface area (Å²) in [5.41, 5.74) is 0. The topological polar surface area (TPSA) is 38.7 Å². The van der Waals surface area contributed by atoms with Gasteiger partial charge in [-0.3, -0.25) is 0 Å². The van der Waals surface area contributed by atoms with Crippen LogP contribution >= 0.6 is 0 Å². The molecule has 0 bridgehead atoms. The van der Waals surface area contributed by atoms with E-state index in [1.807, 2.05) is 0 Å². The Balaban J connectivity index is 2.24. The van der Waals surface area contributed by atoms with Crippen LogP contribution in [0.3, 0.4) is 0 Å². The Morgan fingerprint density at radius 1 is 1.00 bits per heavy atom. The molecule has 0 spiro atoms. The molecule has 2 atom stereocenters. The zero-order valence-electron chi connectivity index (χ0n) is 13.3. The van der Waals surface area contributed by atoms with E-state index in [0.29, 0.717) is 12.7 Å². The Morgan fingerprint density at radius 2 is 1.70 bits per heavy atom. The molecule has 0 saturated carbocycles. The van der Waals surface area contributed by atoms with Crippen LogP contribution in [0.2, 0.25) is 0 Å². The number of unbranched alkanes of at least 4 members (excludes halogenated alkanes) is 1. The lowest BCUT2D eigenvalue weighted by atomic mass is 10.0. The van der Waals surface area contributed by atoms with Crippen molar-refractivity contribution in [2.45, 2.75) is 89.8 Å². The first-order chi connectivity index (χ1) is 9.83. The van der Waals surface area contributed by atoms with Gasteiger partial charge in [-0.25, -0.2) is 0 Å². The summed E-state index contributed by atoms with van der Waals surface area (Å²) in [6, 6.07) is 0. The number of rotatable bonds is 4. The smallest absolute Gasteiger partial charge is 0.0773 e. The first kappa shape index (κ1) is 17.9. The molecule has 1 aliphatic heterocycles. The molecule has 1 aliphatic rings. The molecule has 0 amide bonds. The molecule has 1 fully saturated rings. The molecule has 0 aromatic rings. The largest absolute Gasteiger partial charge is 0.391 e. The Morgan fingerprint density at radius 3 is 2.45 bits per heavy atom. The van der Waals surface area contributed by atoms with Crippen molar-refractivity contribution < 1.29 is 14.6 Å². The number of ether oxygens (including phenoxy) is 2. The average Bonchev–Trinajstić information content (AvgIpc) is 2.45. The first-order valence-electron chi connectivity index (χ1n) is 8.70. The van der Waals surface area contributed by atoms with Crippen molar-refractivity contribution in [1.29, 1.82) is 0 Å². The van der Waals surface area contributed by atoms with Crippen molar-refractivity contribution in [2.24, 2.45) is 0 Å². The molecule has 3 heteroatoms. The molecule has 1 N–H and O–H groups in total. The van der Waals surface area contributed by atoms with Crippen molar-refractivity contribution in [3.05, 3.63) is 0 Å². The molecule has 120 valence electrons. The van der Waals surface area contributed by atoms with Crippen LogP contribution in [0.15, 0.2) is 0 Å². The molecule has 1 saturated heterocycles. The van der Waals surface area contributed by atoms with Gasteiger partial charge in [-0.2, -0.15) is 0 Å². The molecule has 0 aromatic carbocycles. The minimum Gasteiger partial charge on any atom is -0.391 e. The second-order valence-electron chi connectivity index (χ2n) is 6.06. The molecule has 1 heterocycles. The molecule has 0 aromatic heterocycles. The Labute approximate surface area is 125 Å². The number of hydrogen-bond donors (Lipinski definition) is 1. The molecule has 0 aliphatic carbocycles. The van der Waals surface area contributed by atoms with Crippen LogP contribution in [0.5, 0.6) is 0 Å². The van der Waals surface area contributed by atoms with Gasteiger partial charge in [0.2, 0.25) is 0 Å². The average molecular weight is 286 g/mol. The standard InChI is InChI=1S/C17H34O3/c1-2-3-14-20-17-11-7-5-4-6-10-16(18)15-19-13-9-8-12-17/h16-18H,2-15H2,1H3. The van der Waals surface area contributed by atoms with E-state index in [4.69, 9.17) is 9.47 Å². The third-order valence-corrected chi connectivity index (χ3v) is 4.04. The molecule has 20 heavy (non-hydrogen) atoms. The van der Waals surface area contributed by atoms with Gasteiger partial charge in [-0.15, -0.1) is 0 Å². The molecular weight excluding hydrogens is 252 g/mol. The summed E-state index contributed by atoms with van der Waals surface area (Å²) in [5.74, 6) is 0. The molecule has 2 unspecified atom stereocenters. The summed E-state index contributed by atoms with van der Waals surface area (Å²) >= 11 is 0. The van der Waals surface area contributed by atoms with E-state index in [-0.39, 0.29) is 6.10 Å². The fourth-order valence-electron chi connectivity index (χ4n) is 2.69. The molecular formula is C17H34O3. The number of aliphatic hydroxyl groups is 1. The van der Waals surface area contributed by atoms with E-state index in [9.17, 15) is 5.11 Å². The summed E-state index contributed by atoms with van der Waals surface area (Å²) in [6.07, 6.45) is 13.0. The molecule has 0 radical (unpaired) electrons. The van der Waals surface area contributed by atoms with E-state index < -0.39 is 0 Å². The summed E-state index contributed by atoms with van der Waals surface area (Å²) < 4.78 is 11.6. The van der Waals surface area contributed by atoms with E-state index in [0.717, 1.165) is 38.9 Å². The van der Waals surface area contributed by atoms with Gasteiger partial charge in [0.15, 0.2) is 0 Å². The van der Waals surface area contributed by atoms with Crippen LogP contribution in [0.4, 0.5) is 0 Å². The minimum atomic E-state index is -0.261. The zero-order chi connectivity index (χ0) is 14.5. The third kappa shape index (κ3) is 9.73. The summed E-state index contributed by atoms with van der Waals surface area (Å²) in [5, 5.41) is 9.74. The highest BCUT2D eigenvalue weighted by Gasteiger charge is 2.10. The van der Waals surface area contributed by atoms with Crippen molar-refractivity contribution in [3.63, 3.8) is 0 Å².